The number of benzene rings is 3. The number of likely N-dealkylation sites (tertiary alicyclic amines) is 1. The maximum absolute atomic E-state index is 5.64. The van der Waals surface area contributed by atoms with Crippen molar-refractivity contribution < 1.29 is 14.2 Å². The minimum atomic E-state index is 0.591. The molecule has 3 aromatic carbocycles. The van der Waals surface area contributed by atoms with Crippen molar-refractivity contribution in [1.29, 1.82) is 0 Å². The lowest BCUT2D eigenvalue weighted by molar-refractivity contribution is 0.168. The van der Waals surface area contributed by atoms with Crippen LogP contribution < -0.4 is 14.2 Å². The Balaban J connectivity index is 1.46. The zero-order valence-electron chi connectivity index (χ0n) is 25.3. The van der Waals surface area contributed by atoms with Crippen molar-refractivity contribution >= 4 is 11.8 Å². The number of hydrogen-bond acceptors (Lipinski definition) is 5. The predicted octanol–water partition coefficient (Wildman–Crippen LogP) is 7.43. The number of rotatable bonds is 14. The Bertz CT molecular complexity index is 1250. The second-order valence-electron chi connectivity index (χ2n) is 11.0. The summed E-state index contributed by atoms with van der Waals surface area (Å²) in [6.07, 6.45) is 7.09. The van der Waals surface area contributed by atoms with Crippen molar-refractivity contribution in [2.24, 2.45) is 5.92 Å². The molecule has 5 nitrogen and oxygen atoms in total. The summed E-state index contributed by atoms with van der Waals surface area (Å²) in [6, 6.07) is 25.4. The van der Waals surface area contributed by atoms with Crippen LogP contribution in [0.4, 0.5) is 0 Å². The predicted molar refractivity (Wildman–Crippen MR) is 171 cm³/mol. The van der Waals surface area contributed by atoms with Crippen molar-refractivity contribution in [3.63, 3.8) is 0 Å². The third kappa shape index (κ3) is 8.64. The fraction of sp³-hybridized carbons (Fsp3) is 0.389. The SMILES string of the molecule is C=C(c1cc(OC)c(OC)c(OC)c1)N(CCCN1CCCC(Cc2ccccc2)C1)C/C(C)=C/c1ccccc1. The number of hydrogen-bond donors (Lipinski definition) is 0. The minimum absolute atomic E-state index is 0.591. The Morgan fingerprint density at radius 1 is 0.951 bits per heavy atom. The lowest BCUT2D eigenvalue weighted by Crippen LogP contribution is -2.38. The first-order valence-electron chi connectivity index (χ1n) is 14.7. The Morgan fingerprint density at radius 2 is 1.61 bits per heavy atom. The third-order valence-electron chi connectivity index (χ3n) is 7.91. The van der Waals surface area contributed by atoms with Gasteiger partial charge in [0.2, 0.25) is 5.75 Å². The van der Waals surface area contributed by atoms with E-state index in [1.54, 1.807) is 21.3 Å². The van der Waals surface area contributed by atoms with Gasteiger partial charge in [-0.2, -0.15) is 0 Å². The summed E-state index contributed by atoms with van der Waals surface area (Å²) in [7, 11) is 4.93. The number of ether oxygens (including phenoxy) is 3. The Kier molecular flexibility index (Phi) is 11.3. The average molecular weight is 555 g/mol. The van der Waals surface area contributed by atoms with E-state index in [-0.39, 0.29) is 0 Å². The van der Waals surface area contributed by atoms with Crippen LogP contribution in [0.15, 0.2) is 84.9 Å². The maximum atomic E-state index is 5.64. The molecular weight excluding hydrogens is 508 g/mol. The highest BCUT2D eigenvalue weighted by Crippen LogP contribution is 2.40. The molecule has 1 fully saturated rings. The van der Waals surface area contributed by atoms with E-state index < -0.39 is 0 Å². The lowest BCUT2D eigenvalue weighted by Gasteiger charge is -2.34. The summed E-state index contributed by atoms with van der Waals surface area (Å²) < 4.78 is 16.8. The fourth-order valence-corrected chi connectivity index (χ4v) is 5.87. The summed E-state index contributed by atoms with van der Waals surface area (Å²) in [5.74, 6) is 2.59. The minimum Gasteiger partial charge on any atom is -0.493 e. The number of piperidine rings is 1. The molecule has 1 aliphatic rings. The van der Waals surface area contributed by atoms with E-state index in [2.05, 4.69) is 90.0 Å². The van der Waals surface area contributed by atoms with E-state index in [0.29, 0.717) is 17.2 Å². The van der Waals surface area contributed by atoms with Crippen LogP contribution in [0.25, 0.3) is 11.8 Å². The standard InChI is InChI=1S/C36H46N2O3/c1-28(22-30-14-8-6-9-15-30)26-38(29(2)33-24-34(39-3)36(41-5)35(25-33)40-4)21-13-20-37-19-12-18-32(27-37)23-31-16-10-7-11-17-31/h6-11,14-17,22,24-25,32H,2,12-13,18-21,23,26-27H2,1,3-5H3/b28-22+. The van der Waals surface area contributed by atoms with E-state index in [1.165, 1.54) is 49.1 Å². The van der Waals surface area contributed by atoms with Crippen LogP contribution in [0.2, 0.25) is 0 Å². The third-order valence-corrected chi connectivity index (χ3v) is 7.91. The molecule has 0 saturated carbocycles. The van der Waals surface area contributed by atoms with Crippen LogP contribution in [-0.4, -0.2) is 63.9 Å². The van der Waals surface area contributed by atoms with Gasteiger partial charge < -0.3 is 24.0 Å². The molecule has 41 heavy (non-hydrogen) atoms. The van der Waals surface area contributed by atoms with Crippen LogP contribution in [0.5, 0.6) is 17.2 Å². The fourth-order valence-electron chi connectivity index (χ4n) is 5.87. The summed E-state index contributed by atoms with van der Waals surface area (Å²) in [5.41, 5.74) is 5.86. The maximum Gasteiger partial charge on any atom is 0.203 e. The van der Waals surface area contributed by atoms with Crippen LogP contribution in [0.3, 0.4) is 0 Å². The van der Waals surface area contributed by atoms with Crippen LogP contribution in [-0.2, 0) is 6.42 Å². The van der Waals surface area contributed by atoms with Gasteiger partial charge >= 0.3 is 0 Å². The summed E-state index contributed by atoms with van der Waals surface area (Å²) >= 11 is 0. The molecule has 0 aliphatic carbocycles. The quantitative estimate of drug-likeness (QED) is 0.207. The molecule has 1 unspecified atom stereocenters. The first-order chi connectivity index (χ1) is 20.0. The Morgan fingerprint density at radius 3 is 2.24 bits per heavy atom. The van der Waals surface area contributed by atoms with Crippen molar-refractivity contribution in [1.82, 2.24) is 9.80 Å². The first kappa shape index (κ1) is 30.3. The van der Waals surface area contributed by atoms with Crippen LogP contribution in [0, 0.1) is 5.92 Å². The van der Waals surface area contributed by atoms with Crippen LogP contribution >= 0.6 is 0 Å². The Labute approximate surface area is 247 Å². The van der Waals surface area contributed by atoms with E-state index in [4.69, 9.17) is 14.2 Å². The van der Waals surface area contributed by atoms with Gasteiger partial charge in [0.25, 0.3) is 0 Å². The molecule has 0 radical (unpaired) electrons. The van der Waals surface area contributed by atoms with Gasteiger partial charge in [-0.05, 0) is 74.9 Å². The molecule has 0 bridgehead atoms. The number of methoxy groups -OCH3 is 3. The van der Waals surface area contributed by atoms with Gasteiger partial charge in [0.1, 0.15) is 0 Å². The van der Waals surface area contributed by atoms with Crippen LogP contribution in [0.1, 0.15) is 42.9 Å². The van der Waals surface area contributed by atoms with Gasteiger partial charge in [0.05, 0.1) is 21.3 Å². The molecule has 0 amide bonds. The molecule has 0 N–H and O–H groups in total. The molecule has 3 aromatic rings. The highest BCUT2D eigenvalue weighted by Gasteiger charge is 2.21. The highest BCUT2D eigenvalue weighted by atomic mass is 16.5. The van der Waals surface area contributed by atoms with Crippen molar-refractivity contribution in [3.8, 4) is 17.2 Å². The van der Waals surface area contributed by atoms with Crippen molar-refractivity contribution in [2.75, 3.05) is 54.1 Å². The summed E-state index contributed by atoms with van der Waals surface area (Å²) in [6.45, 7) is 11.9. The van der Waals surface area contributed by atoms with Gasteiger partial charge in [-0.25, -0.2) is 0 Å². The molecule has 1 aliphatic heterocycles. The second-order valence-corrected chi connectivity index (χ2v) is 11.0. The molecule has 1 heterocycles. The second kappa shape index (κ2) is 15.3. The molecule has 0 spiro atoms. The van der Waals surface area contributed by atoms with E-state index in [1.807, 2.05) is 12.1 Å². The molecule has 1 saturated heterocycles. The molecule has 218 valence electrons. The zero-order chi connectivity index (χ0) is 29.0. The molecule has 0 aromatic heterocycles. The average Bonchev–Trinajstić information content (AvgIpc) is 3.00. The lowest BCUT2D eigenvalue weighted by atomic mass is 9.91. The van der Waals surface area contributed by atoms with Crippen molar-refractivity contribution in [2.45, 2.75) is 32.6 Å². The van der Waals surface area contributed by atoms with E-state index >= 15 is 0 Å². The Hall–Kier alpha value is -3.70. The van der Waals surface area contributed by atoms with Crippen molar-refractivity contribution in [3.05, 3.63) is 102 Å². The van der Waals surface area contributed by atoms with Gasteiger partial charge in [0, 0.05) is 30.9 Å². The molecule has 1 atom stereocenters. The highest BCUT2D eigenvalue weighted by molar-refractivity contribution is 5.69. The van der Waals surface area contributed by atoms with Gasteiger partial charge in [-0.1, -0.05) is 78.9 Å². The molecule has 4 rings (SSSR count). The summed E-state index contributed by atoms with van der Waals surface area (Å²) in [4.78, 5) is 5.05. The zero-order valence-corrected chi connectivity index (χ0v) is 25.3. The molecule has 5 heteroatoms. The first-order valence-corrected chi connectivity index (χ1v) is 14.7. The summed E-state index contributed by atoms with van der Waals surface area (Å²) in [5, 5.41) is 0. The topological polar surface area (TPSA) is 34.2 Å². The molecular formula is C36H46N2O3. The van der Waals surface area contributed by atoms with E-state index in [0.717, 1.165) is 43.2 Å². The monoisotopic (exact) mass is 554 g/mol. The largest absolute Gasteiger partial charge is 0.493 e. The van der Waals surface area contributed by atoms with Gasteiger partial charge in [-0.3, -0.25) is 0 Å². The van der Waals surface area contributed by atoms with Gasteiger partial charge in [0.15, 0.2) is 11.5 Å². The van der Waals surface area contributed by atoms with E-state index in [9.17, 15) is 0 Å². The normalized spacial score (nSPS) is 15.8. The number of nitrogens with zero attached hydrogens (tertiary/aromatic N) is 2. The van der Waals surface area contributed by atoms with Gasteiger partial charge in [-0.15, -0.1) is 0 Å². The smallest absolute Gasteiger partial charge is 0.203 e.